The summed E-state index contributed by atoms with van der Waals surface area (Å²) < 4.78 is 40.1. The molecule has 0 spiro atoms. The number of aliphatic hydroxyl groups is 6. The standard InChI is InChI=1S/C34H50F2N6O8S2/c1-2-3-4-5-12-23-26(19-9-7-11-21(36)14-19)38-40-42(23)28-30(46)25(17-44)50-34(32(28)48)52-51-33-31(47)27(29(45)24(16-43)49-33)41-15-22(37-39-41)18-8-6-10-20(35)13-18/h6-11,13-14,22-34,37-40,43-48H,2-5,12,15-17H2,1H3/t22?,23?,24-,25-,26?,27+,28+,29+,30+,31-,32-,33+,34+/m1/s1. The summed E-state index contributed by atoms with van der Waals surface area (Å²) in [6.45, 7) is 1.30. The summed E-state index contributed by atoms with van der Waals surface area (Å²) in [6.07, 6.45) is -2.77. The van der Waals surface area contributed by atoms with Gasteiger partial charge in [-0.1, -0.05) is 78.5 Å². The third-order valence-electron chi connectivity index (χ3n) is 10.3. The molecule has 14 nitrogen and oxygen atoms in total. The van der Waals surface area contributed by atoms with Crippen molar-refractivity contribution in [3.8, 4) is 0 Å². The van der Waals surface area contributed by atoms with Gasteiger partial charge in [0.15, 0.2) is 0 Å². The number of rotatable bonds is 14. The van der Waals surface area contributed by atoms with Gasteiger partial charge in [0, 0.05) is 12.6 Å². The van der Waals surface area contributed by atoms with Crippen LogP contribution in [-0.4, -0.2) is 126 Å². The summed E-state index contributed by atoms with van der Waals surface area (Å²) in [5.74, 6) is -0.773. The van der Waals surface area contributed by atoms with Crippen molar-refractivity contribution in [1.82, 2.24) is 31.9 Å². The van der Waals surface area contributed by atoms with Crippen molar-refractivity contribution in [1.29, 1.82) is 0 Å². The third-order valence-corrected chi connectivity index (χ3v) is 13.0. The first-order valence-corrected chi connectivity index (χ1v) is 20.1. The van der Waals surface area contributed by atoms with Crippen molar-refractivity contribution in [3.05, 3.63) is 71.3 Å². The normalized spacial score (nSPS) is 37.5. The van der Waals surface area contributed by atoms with Gasteiger partial charge in [-0.2, -0.15) is 11.1 Å². The number of nitrogens with one attached hydrogen (secondary N) is 4. The van der Waals surface area contributed by atoms with E-state index in [1.165, 1.54) is 24.3 Å². The van der Waals surface area contributed by atoms with Crippen LogP contribution in [0.1, 0.15) is 62.2 Å². The van der Waals surface area contributed by atoms with Crippen molar-refractivity contribution in [2.45, 2.75) is 117 Å². The van der Waals surface area contributed by atoms with Gasteiger partial charge in [-0.05, 0) is 41.8 Å². The quantitative estimate of drug-likeness (QED) is 0.0954. The maximum Gasteiger partial charge on any atom is 0.141 e. The average Bonchev–Trinajstić information content (AvgIpc) is 3.79. The molecule has 2 aromatic carbocycles. The number of hydrogen-bond donors (Lipinski definition) is 10. The molecule has 10 N–H and O–H groups in total. The molecule has 290 valence electrons. The molecule has 6 rings (SSSR count). The molecule has 0 radical (unpaired) electrons. The Bertz CT molecular complexity index is 1450. The van der Waals surface area contributed by atoms with Crippen LogP contribution >= 0.6 is 21.6 Å². The average molecular weight is 773 g/mol. The van der Waals surface area contributed by atoms with Crippen molar-refractivity contribution in [3.63, 3.8) is 0 Å². The maximum atomic E-state index is 14.3. The van der Waals surface area contributed by atoms with Crippen LogP contribution in [0, 0.1) is 11.6 Å². The van der Waals surface area contributed by atoms with E-state index in [4.69, 9.17) is 9.47 Å². The van der Waals surface area contributed by atoms with Gasteiger partial charge in [-0.25, -0.2) is 29.7 Å². The van der Waals surface area contributed by atoms with Gasteiger partial charge in [-0.15, -0.1) is 0 Å². The highest BCUT2D eigenvalue weighted by molar-refractivity contribution is 8.77. The van der Waals surface area contributed by atoms with Crippen LogP contribution in [0.25, 0.3) is 0 Å². The molecular formula is C34H50F2N6O8S2. The lowest BCUT2D eigenvalue weighted by molar-refractivity contribution is -0.198. The predicted octanol–water partition coefficient (Wildman–Crippen LogP) is 0.732. The molecule has 4 saturated heterocycles. The lowest BCUT2D eigenvalue weighted by atomic mass is 9.90. The summed E-state index contributed by atoms with van der Waals surface area (Å²) in [6, 6.07) is 9.42. The first-order chi connectivity index (χ1) is 25.1. The van der Waals surface area contributed by atoms with E-state index in [2.05, 4.69) is 28.8 Å². The van der Waals surface area contributed by atoms with Crippen LogP contribution in [0.15, 0.2) is 48.5 Å². The molecule has 18 heteroatoms. The van der Waals surface area contributed by atoms with Crippen LogP contribution in [-0.2, 0) is 9.47 Å². The number of hydrazine groups is 4. The number of nitrogens with zero attached hydrogens (tertiary/aromatic N) is 2. The van der Waals surface area contributed by atoms with Crippen molar-refractivity contribution >= 4 is 21.6 Å². The van der Waals surface area contributed by atoms with Crippen LogP contribution in [0.2, 0.25) is 0 Å². The van der Waals surface area contributed by atoms with Gasteiger partial charge in [0.2, 0.25) is 0 Å². The van der Waals surface area contributed by atoms with E-state index in [0.717, 1.165) is 47.3 Å². The first-order valence-electron chi connectivity index (χ1n) is 17.8. The fourth-order valence-corrected chi connectivity index (χ4v) is 10.3. The molecule has 0 aromatic heterocycles. The van der Waals surface area contributed by atoms with Gasteiger partial charge in [0.1, 0.15) is 59.1 Å². The van der Waals surface area contributed by atoms with E-state index < -0.39 is 78.6 Å². The summed E-state index contributed by atoms with van der Waals surface area (Å²) >= 11 is 0. The Hall–Kier alpha value is -1.56. The second-order valence-corrected chi connectivity index (χ2v) is 16.2. The van der Waals surface area contributed by atoms with E-state index in [1.54, 1.807) is 28.2 Å². The van der Waals surface area contributed by atoms with Gasteiger partial charge >= 0.3 is 0 Å². The molecule has 52 heavy (non-hydrogen) atoms. The highest BCUT2D eigenvalue weighted by Gasteiger charge is 2.53. The van der Waals surface area contributed by atoms with Crippen molar-refractivity contribution in [2.24, 2.45) is 0 Å². The zero-order valence-corrected chi connectivity index (χ0v) is 30.4. The molecule has 4 heterocycles. The molecule has 0 saturated carbocycles. The van der Waals surface area contributed by atoms with E-state index in [1.807, 2.05) is 6.07 Å². The third kappa shape index (κ3) is 8.78. The fraction of sp³-hybridized carbons (Fsp3) is 0.647. The van der Waals surface area contributed by atoms with E-state index in [0.29, 0.717) is 17.5 Å². The zero-order chi connectivity index (χ0) is 36.9. The van der Waals surface area contributed by atoms with E-state index in [9.17, 15) is 39.4 Å². The number of benzene rings is 2. The molecule has 4 aliphatic heterocycles. The van der Waals surface area contributed by atoms with Gasteiger partial charge in [0.05, 0.1) is 37.4 Å². The lowest BCUT2D eigenvalue weighted by Gasteiger charge is -2.47. The number of ether oxygens (including phenoxy) is 2. The lowest BCUT2D eigenvalue weighted by Crippen LogP contribution is -2.67. The molecule has 3 unspecified atom stereocenters. The Kier molecular flexibility index (Phi) is 14.2. The Balaban J connectivity index is 1.17. The minimum absolute atomic E-state index is 0.250. The Morgan fingerprint density at radius 1 is 0.750 bits per heavy atom. The topological polar surface area (TPSA) is 194 Å². The van der Waals surface area contributed by atoms with E-state index in [-0.39, 0.29) is 30.5 Å². The molecule has 0 bridgehead atoms. The highest BCUT2D eigenvalue weighted by atomic mass is 33.1. The first kappa shape index (κ1) is 40.1. The Labute approximate surface area is 309 Å². The highest BCUT2D eigenvalue weighted by Crippen LogP contribution is 2.44. The molecule has 4 aliphatic rings. The molecule has 2 aromatic rings. The van der Waals surface area contributed by atoms with Crippen LogP contribution in [0.3, 0.4) is 0 Å². The summed E-state index contributed by atoms with van der Waals surface area (Å²) in [5.41, 5.74) is 11.7. The van der Waals surface area contributed by atoms with Crippen molar-refractivity contribution in [2.75, 3.05) is 19.8 Å². The molecule has 0 amide bonds. The summed E-state index contributed by atoms with van der Waals surface area (Å²) in [7, 11) is 2.06. The van der Waals surface area contributed by atoms with Gasteiger partial charge < -0.3 is 40.1 Å². The van der Waals surface area contributed by atoms with Crippen LogP contribution in [0.4, 0.5) is 8.78 Å². The number of hydrogen-bond acceptors (Lipinski definition) is 16. The zero-order valence-electron chi connectivity index (χ0n) is 28.7. The van der Waals surface area contributed by atoms with Crippen LogP contribution in [0.5, 0.6) is 0 Å². The second-order valence-electron chi connectivity index (χ2n) is 13.7. The molecular weight excluding hydrogens is 723 g/mol. The minimum atomic E-state index is -1.32. The minimum Gasteiger partial charge on any atom is -0.394 e. The van der Waals surface area contributed by atoms with Gasteiger partial charge in [-0.3, -0.25) is 0 Å². The Morgan fingerprint density at radius 2 is 1.35 bits per heavy atom. The smallest absolute Gasteiger partial charge is 0.141 e. The van der Waals surface area contributed by atoms with E-state index >= 15 is 0 Å². The Morgan fingerprint density at radius 3 is 1.96 bits per heavy atom. The largest absolute Gasteiger partial charge is 0.394 e. The monoisotopic (exact) mass is 772 g/mol. The maximum absolute atomic E-state index is 14.3. The summed E-state index contributed by atoms with van der Waals surface area (Å²) in [5, 5.41) is 69.6. The fourth-order valence-electron chi connectivity index (χ4n) is 7.53. The van der Waals surface area contributed by atoms with Crippen molar-refractivity contribution < 1.29 is 48.9 Å². The SMILES string of the molecule is CCCCCCC1C(c2cccc(F)c2)NNN1[C@H]1[C@@H](O)[C@@H](CO)O[C@@H](SS[C@@H]2O[C@H](CO)[C@H](O)[C@H](N3CC(c4cccc(F)c4)NN3)[C@H]2O)[C@@H]1O. The molecule has 0 aliphatic carbocycles. The second kappa shape index (κ2) is 18.4. The number of halogens is 2. The number of aliphatic hydroxyl groups excluding tert-OH is 6. The number of unbranched alkanes of at least 4 members (excludes halogenated alkanes) is 3. The molecule has 4 fully saturated rings. The van der Waals surface area contributed by atoms with Crippen LogP contribution < -0.4 is 21.9 Å². The predicted molar refractivity (Wildman–Crippen MR) is 190 cm³/mol. The summed E-state index contributed by atoms with van der Waals surface area (Å²) in [4.78, 5) is 0. The molecule has 13 atom stereocenters. The van der Waals surface area contributed by atoms with Gasteiger partial charge in [0.25, 0.3) is 0 Å².